The number of hydrogen-bond acceptors (Lipinski definition) is 5. The molecule has 0 rings (SSSR count). The molecule has 342 valence electrons. The Morgan fingerprint density at radius 1 is 0.379 bits per heavy atom. The summed E-state index contributed by atoms with van der Waals surface area (Å²) in [6.45, 7) is 7.83. The quantitative estimate of drug-likeness (QED) is 0.0348. The molecule has 58 heavy (non-hydrogen) atoms. The summed E-state index contributed by atoms with van der Waals surface area (Å²) in [4.78, 5) is 25.3. The molecule has 0 aromatic carbocycles. The highest BCUT2D eigenvalue weighted by Crippen LogP contribution is 2.16. The van der Waals surface area contributed by atoms with Crippen LogP contribution in [0.2, 0.25) is 0 Å². The summed E-state index contributed by atoms with van der Waals surface area (Å²) < 4.78 is 17.4. The van der Waals surface area contributed by atoms with Crippen molar-refractivity contribution in [1.29, 1.82) is 0 Å². The molecule has 0 saturated carbocycles. The van der Waals surface area contributed by atoms with Crippen molar-refractivity contribution in [3.8, 4) is 0 Å². The predicted molar refractivity (Wildman–Crippen MR) is 252 cm³/mol. The molecule has 0 aliphatic carbocycles. The Balaban J connectivity index is 4.23. The molecule has 0 aliphatic heterocycles. The minimum absolute atomic E-state index is 0.0870. The third kappa shape index (κ3) is 47.1. The van der Waals surface area contributed by atoms with Crippen LogP contribution in [0, 0.1) is 0 Å². The van der Waals surface area contributed by atoms with Gasteiger partial charge in [-0.1, -0.05) is 238 Å². The van der Waals surface area contributed by atoms with Crippen molar-refractivity contribution in [1.82, 2.24) is 0 Å². The number of carbonyl (C=O) groups is 2. The summed E-state index contributed by atoms with van der Waals surface area (Å²) in [6, 6.07) is 0. The Kier molecular flexibility index (Phi) is 48.4. The fourth-order valence-corrected chi connectivity index (χ4v) is 7.60. The van der Waals surface area contributed by atoms with E-state index in [9.17, 15) is 9.59 Å². The van der Waals surface area contributed by atoms with Crippen LogP contribution >= 0.6 is 0 Å². The van der Waals surface area contributed by atoms with E-state index < -0.39 is 6.10 Å². The molecule has 0 spiro atoms. The van der Waals surface area contributed by atoms with Gasteiger partial charge in [0.05, 0.1) is 6.61 Å². The molecule has 1 atom stereocenters. The van der Waals surface area contributed by atoms with E-state index in [1.54, 1.807) is 0 Å². The molecule has 5 nitrogen and oxygen atoms in total. The maximum atomic E-state index is 12.8. The lowest BCUT2D eigenvalue weighted by Crippen LogP contribution is -2.30. The van der Waals surface area contributed by atoms with E-state index in [-0.39, 0.29) is 18.5 Å². The Morgan fingerprint density at radius 2 is 0.724 bits per heavy atom. The summed E-state index contributed by atoms with van der Waals surface area (Å²) in [6.07, 6.45) is 57.5. The van der Waals surface area contributed by atoms with Crippen molar-refractivity contribution in [3.63, 3.8) is 0 Å². The third-order valence-electron chi connectivity index (χ3n) is 11.5. The van der Waals surface area contributed by atoms with E-state index in [2.05, 4.69) is 45.1 Å². The summed E-state index contributed by atoms with van der Waals surface area (Å²) in [5.74, 6) is -0.397. The van der Waals surface area contributed by atoms with E-state index in [0.717, 1.165) is 51.4 Å². The zero-order valence-corrected chi connectivity index (χ0v) is 39.3. The van der Waals surface area contributed by atoms with Crippen molar-refractivity contribution in [2.75, 3.05) is 19.8 Å². The van der Waals surface area contributed by atoms with Crippen LogP contribution in [0.4, 0.5) is 0 Å². The number of rotatable bonds is 48. The summed E-state index contributed by atoms with van der Waals surface area (Å²) >= 11 is 0. The van der Waals surface area contributed by atoms with Gasteiger partial charge >= 0.3 is 11.9 Å². The van der Waals surface area contributed by atoms with Gasteiger partial charge in [-0.3, -0.25) is 9.59 Å². The summed E-state index contributed by atoms with van der Waals surface area (Å²) in [5, 5.41) is 0. The lowest BCUT2D eigenvalue weighted by molar-refractivity contribution is -0.163. The van der Waals surface area contributed by atoms with Crippen LogP contribution in [-0.4, -0.2) is 37.9 Å². The molecule has 0 saturated heterocycles. The molecule has 5 heteroatoms. The van der Waals surface area contributed by atoms with Gasteiger partial charge in [-0.25, -0.2) is 0 Å². The van der Waals surface area contributed by atoms with Crippen LogP contribution in [0.5, 0.6) is 0 Å². The van der Waals surface area contributed by atoms with Crippen molar-refractivity contribution in [2.24, 2.45) is 0 Å². The molecule has 0 heterocycles. The molecule has 0 aromatic heterocycles. The van der Waals surface area contributed by atoms with Crippen LogP contribution in [0.3, 0.4) is 0 Å². The molecule has 0 aliphatic rings. The molecule has 0 fully saturated rings. The molecule has 0 amide bonds. The Morgan fingerprint density at radius 3 is 1.17 bits per heavy atom. The lowest BCUT2D eigenvalue weighted by atomic mass is 10.0. The van der Waals surface area contributed by atoms with Gasteiger partial charge in [0.1, 0.15) is 6.61 Å². The highest BCUT2D eigenvalue weighted by Gasteiger charge is 2.17. The third-order valence-corrected chi connectivity index (χ3v) is 11.5. The van der Waals surface area contributed by atoms with Crippen LogP contribution in [0.25, 0.3) is 0 Å². The minimum atomic E-state index is -0.534. The summed E-state index contributed by atoms with van der Waals surface area (Å²) in [5.41, 5.74) is 0. The Hall–Kier alpha value is -1.62. The normalized spacial score (nSPS) is 12.3. The standard InChI is InChI=1S/C53H100O5/c1-4-7-10-13-16-19-22-24-26-28-30-33-36-39-42-45-48-56-49-51(50-57-52(54)46-43-40-37-34-31-21-18-15-12-9-6-3)58-53(55)47-44-41-38-35-32-29-27-25-23-20-17-14-11-8-5-2/h17,20,25,27,51H,4-16,18-19,21-24,26,28-50H2,1-3H3/b20-17-,27-25-/t51-/m1/s1. The maximum Gasteiger partial charge on any atom is 0.306 e. The average molecular weight is 817 g/mol. The molecular formula is C53H100O5. The van der Waals surface area contributed by atoms with Crippen LogP contribution in [-0.2, 0) is 23.8 Å². The molecular weight excluding hydrogens is 717 g/mol. The highest BCUT2D eigenvalue weighted by atomic mass is 16.6. The SMILES string of the molecule is CCCCC/C=C\C/C=C\CCCCCCCC(=O)O[C@H](COCCCCCCCCCCCCCCCCCC)COC(=O)CCCCCCCCCCCCC. The van der Waals surface area contributed by atoms with Crippen molar-refractivity contribution < 1.29 is 23.8 Å². The molecule has 0 aromatic rings. The van der Waals surface area contributed by atoms with Crippen LogP contribution < -0.4 is 0 Å². The fourth-order valence-electron chi connectivity index (χ4n) is 7.60. The molecule has 0 unspecified atom stereocenters. The predicted octanol–water partition coefficient (Wildman–Crippen LogP) is 17.2. The fraction of sp³-hybridized carbons (Fsp3) is 0.887. The molecule has 0 N–H and O–H groups in total. The van der Waals surface area contributed by atoms with Gasteiger partial charge in [-0.2, -0.15) is 0 Å². The lowest BCUT2D eigenvalue weighted by Gasteiger charge is -2.18. The second kappa shape index (κ2) is 49.7. The van der Waals surface area contributed by atoms with E-state index in [4.69, 9.17) is 14.2 Å². The zero-order valence-electron chi connectivity index (χ0n) is 39.3. The van der Waals surface area contributed by atoms with Crippen LogP contribution in [0.15, 0.2) is 24.3 Å². The highest BCUT2D eigenvalue weighted by molar-refractivity contribution is 5.70. The van der Waals surface area contributed by atoms with Gasteiger partial charge in [0, 0.05) is 19.4 Å². The Bertz CT molecular complexity index is 882. The number of hydrogen-bond donors (Lipinski definition) is 0. The second-order valence-corrected chi connectivity index (χ2v) is 17.4. The maximum absolute atomic E-state index is 12.8. The van der Waals surface area contributed by atoms with Gasteiger partial charge in [-0.05, 0) is 51.4 Å². The first-order chi connectivity index (χ1) is 28.6. The smallest absolute Gasteiger partial charge is 0.306 e. The first-order valence-electron chi connectivity index (χ1n) is 25.9. The number of esters is 2. The largest absolute Gasteiger partial charge is 0.462 e. The number of ether oxygens (including phenoxy) is 3. The van der Waals surface area contributed by atoms with E-state index in [0.29, 0.717) is 26.1 Å². The number of unbranched alkanes of at least 4 members (excludes halogenated alkanes) is 33. The van der Waals surface area contributed by atoms with E-state index in [1.165, 1.54) is 193 Å². The van der Waals surface area contributed by atoms with Gasteiger partial charge in [0.2, 0.25) is 0 Å². The van der Waals surface area contributed by atoms with E-state index in [1.807, 2.05) is 0 Å². The number of carbonyl (C=O) groups excluding carboxylic acids is 2. The summed E-state index contributed by atoms with van der Waals surface area (Å²) in [7, 11) is 0. The topological polar surface area (TPSA) is 61.8 Å². The minimum Gasteiger partial charge on any atom is -0.462 e. The van der Waals surface area contributed by atoms with Gasteiger partial charge in [0.15, 0.2) is 6.10 Å². The number of allylic oxidation sites excluding steroid dienone is 4. The second-order valence-electron chi connectivity index (χ2n) is 17.4. The average Bonchev–Trinajstić information content (AvgIpc) is 3.22. The van der Waals surface area contributed by atoms with Crippen molar-refractivity contribution in [3.05, 3.63) is 24.3 Å². The molecule has 0 bridgehead atoms. The first-order valence-corrected chi connectivity index (χ1v) is 25.9. The first kappa shape index (κ1) is 56.4. The zero-order chi connectivity index (χ0) is 42.1. The Labute approximate surface area is 362 Å². The monoisotopic (exact) mass is 817 g/mol. The van der Waals surface area contributed by atoms with Crippen molar-refractivity contribution >= 4 is 11.9 Å². The van der Waals surface area contributed by atoms with Crippen molar-refractivity contribution in [2.45, 2.75) is 284 Å². The molecule has 0 radical (unpaired) electrons. The van der Waals surface area contributed by atoms with Gasteiger partial charge in [0.25, 0.3) is 0 Å². The van der Waals surface area contributed by atoms with E-state index >= 15 is 0 Å². The van der Waals surface area contributed by atoms with Crippen LogP contribution in [0.1, 0.15) is 278 Å². The van der Waals surface area contributed by atoms with Gasteiger partial charge in [-0.15, -0.1) is 0 Å². The van der Waals surface area contributed by atoms with Gasteiger partial charge < -0.3 is 14.2 Å².